The monoisotopic (exact) mass is 512 g/mol. The quantitative estimate of drug-likeness (QED) is 0.323. The van der Waals surface area contributed by atoms with Crippen LogP contribution >= 0.6 is 11.3 Å². The SMILES string of the molecule is CC[C@H](COc1ccc2nc(-c3ccc(N(C)C(=O)OC(C)(C)C)cc3)sc2c1)OC1CCCCO1. The zero-order chi connectivity index (χ0) is 25.7. The molecule has 2 aromatic carbocycles. The average molecular weight is 513 g/mol. The van der Waals surface area contributed by atoms with E-state index in [0.29, 0.717) is 6.61 Å². The van der Waals surface area contributed by atoms with Gasteiger partial charge in [0.05, 0.1) is 16.3 Å². The lowest BCUT2D eigenvalue weighted by molar-refractivity contribution is -0.193. The van der Waals surface area contributed by atoms with Crippen LogP contribution in [0.5, 0.6) is 5.75 Å². The molecule has 1 aliphatic heterocycles. The molecule has 194 valence electrons. The Morgan fingerprint density at radius 2 is 1.97 bits per heavy atom. The molecule has 2 heterocycles. The van der Waals surface area contributed by atoms with Gasteiger partial charge in [0.25, 0.3) is 0 Å². The number of hydrogen-bond donors (Lipinski definition) is 0. The van der Waals surface area contributed by atoms with Crippen LogP contribution < -0.4 is 9.64 Å². The van der Waals surface area contributed by atoms with Crippen molar-refractivity contribution in [2.45, 2.75) is 71.4 Å². The smallest absolute Gasteiger partial charge is 0.414 e. The molecule has 3 aromatic rings. The molecule has 0 bridgehead atoms. The van der Waals surface area contributed by atoms with Gasteiger partial charge in [0.2, 0.25) is 0 Å². The topological polar surface area (TPSA) is 70.1 Å². The van der Waals surface area contributed by atoms with E-state index in [4.69, 9.17) is 23.9 Å². The van der Waals surface area contributed by atoms with Crippen LogP contribution in [0.2, 0.25) is 0 Å². The summed E-state index contributed by atoms with van der Waals surface area (Å²) in [6, 6.07) is 13.7. The molecule has 1 fully saturated rings. The summed E-state index contributed by atoms with van der Waals surface area (Å²) in [5.74, 6) is 0.804. The summed E-state index contributed by atoms with van der Waals surface area (Å²) >= 11 is 1.61. The normalized spacial score (nSPS) is 17.1. The maximum atomic E-state index is 12.3. The third-order valence-electron chi connectivity index (χ3n) is 5.90. The number of carbonyl (C=O) groups is 1. The molecule has 1 amide bonds. The van der Waals surface area contributed by atoms with E-state index in [9.17, 15) is 4.79 Å². The lowest BCUT2D eigenvalue weighted by Gasteiger charge is -2.27. The van der Waals surface area contributed by atoms with Crippen LogP contribution in [0.3, 0.4) is 0 Å². The number of carbonyl (C=O) groups excluding carboxylic acids is 1. The van der Waals surface area contributed by atoms with Crippen LogP contribution in [0.1, 0.15) is 53.4 Å². The van der Waals surface area contributed by atoms with Crippen molar-refractivity contribution in [3.63, 3.8) is 0 Å². The highest BCUT2D eigenvalue weighted by Crippen LogP contribution is 2.33. The van der Waals surface area contributed by atoms with Crippen molar-refractivity contribution in [2.75, 3.05) is 25.2 Å². The van der Waals surface area contributed by atoms with Gasteiger partial charge in [0.1, 0.15) is 23.0 Å². The number of ether oxygens (including phenoxy) is 4. The maximum Gasteiger partial charge on any atom is 0.414 e. The van der Waals surface area contributed by atoms with Gasteiger partial charge in [0.15, 0.2) is 6.29 Å². The standard InChI is InChI=1S/C28H36N2O5S/c1-6-21(34-25-9-7-8-16-32-25)18-33-22-14-15-23-24(17-22)36-26(29-23)19-10-12-20(13-11-19)30(5)27(31)35-28(2,3)4/h10-15,17,21,25H,6-9,16,18H2,1-5H3/t21-,25?/m1/s1. The fraction of sp³-hybridized carbons (Fsp3) is 0.500. The second-order valence-corrected chi connectivity index (χ2v) is 11.0. The zero-order valence-electron chi connectivity index (χ0n) is 21.8. The molecule has 0 saturated carbocycles. The Morgan fingerprint density at radius 1 is 1.19 bits per heavy atom. The fourth-order valence-electron chi connectivity index (χ4n) is 3.86. The number of aromatic nitrogens is 1. The van der Waals surface area contributed by atoms with E-state index >= 15 is 0 Å². The molecule has 36 heavy (non-hydrogen) atoms. The Hall–Kier alpha value is -2.68. The summed E-state index contributed by atoms with van der Waals surface area (Å²) in [5.41, 5.74) is 2.14. The number of hydrogen-bond acceptors (Lipinski definition) is 7. The minimum atomic E-state index is -0.539. The third-order valence-corrected chi connectivity index (χ3v) is 6.97. The molecular formula is C28H36N2O5S. The van der Waals surface area contributed by atoms with Crippen LogP contribution in [0.15, 0.2) is 42.5 Å². The molecule has 1 saturated heterocycles. The summed E-state index contributed by atoms with van der Waals surface area (Å²) in [4.78, 5) is 18.6. The van der Waals surface area contributed by atoms with E-state index in [1.165, 1.54) is 4.90 Å². The first kappa shape index (κ1) is 26.4. The third kappa shape index (κ3) is 6.96. The molecule has 0 radical (unpaired) electrons. The van der Waals surface area contributed by atoms with Crippen molar-refractivity contribution in [1.29, 1.82) is 0 Å². The first-order chi connectivity index (χ1) is 17.2. The van der Waals surface area contributed by atoms with Gasteiger partial charge in [-0.3, -0.25) is 4.90 Å². The molecule has 1 aliphatic rings. The fourth-order valence-corrected chi connectivity index (χ4v) is 4.86. The van der Waals surface area contributed by atoms with Gasteiger partial charge >= 0.3 is 6.09 Å². The van der Waals surface area contributed by atoms with Crippen molar-refractivity contribution in [3.05, 3.63) is 42.5 Å². The van der Waals surface area contributed by atoms with Gasteiger partial charge in [-0.1, -0.05) is 6.92 Å². The van der Waals surface area contributed by atoms with Gasteiger partial charge in [0, 0.05) is 24.9 Å². The zero-order valence-corrected chi connectivity index (χ0v) is 22.6. The highest BCUT2D eigenvalue weighted by atomic mass is 32.1. The van der Waals surface area contributed by atoms with Crippen molar-refractivity contribution in [3.8, 4) is 16.3 Å². The lowest BCUT2D eigenvalue weighted by atomic mass is 10.2. The summed E-state index contributed by atoms with van der Waals surface area (Å²) in [7, 11) is 1.71. The minimum absolute atomic E-state index is 0.00172. The molecule has 8 heteroatoms. The van der Waals surface area contributed by atoms with E-state index in [-0.39, 0.29) is 18.5 Å². The van der Waals surface area contributed by atoms with Crippen LogP contribution in [0.25, 0.3) is 20.8 Å². The first-order valence-corrected chi connectivity index (χ1v) is 13.4. The molecule has 0 aliphatic carbocycles. The number of fused-ring (bicyclic) bond motifs is 1. The lowest BCUT2D eigenvalue weighted by Crippen LogP contribution is -2.34. The van der Waals surface area contributed by atoms with Crippen molar-refractivity contribution in [2.24, 2.45) is 0 Å². The number of anilines is 1. The largest absolute Gasteiger partial charge is 0.491 e. The molecule has 0 N–H and O–H groups in total. The molecule has 7 nitrogen and oxygen atoms in total. The van der Waals surface area contributed by atoms with E-state index in [1.54, 1.807) is 18.4 Å². The van der Waals surface area contributed by atoms with Crippen LogP contribution in [0.4, 0.5) is 10.5 Å². The predicted octanol–water partition coefficient (Wildman–Crippen LogP) is 7.04. The Bertz CT molecular complexity index is 1150. The van der Waals surface area contributed by atoms with E-state index < -0.39 is 5.60 Å². The predicted molar refractivity (Wildman–Crippen MR) is 144 cm³/mol. The van der Waals surface area contributed by atoms with E-state index in [1.807, 2.05) is 63.2 Å². The minimum Gasteiger partial charge on any atom is -0.491 e. The van der Waals surface area contributed by atoms with Crippen molar-refractivity contribution >= 4 is 33.3 Å². The molecule has 4 rings (SSSR count). The molecule has 0 spiro atoms. The average Bonchev–Trinajstić information content (AvgIpc) is 3.29. The van der Waals surface area contributed by atoms with Gasteiger partial charge in [-0.15, -0.1) is 11.3 Å². The number of rotatable bonds is 8. The molecular weight excluding hydrogens is 476 g/mol. The number of nitrogens with zero attached hydrogens (tertiary/aromatic N) is 2. The second-order valence-electron chi connectivity index (χ2n) is 10.0. The Morgan fingerprint density at radius 3 is 2.64 bits per heavy atom. The van der Waals surface area contributed by atoms with Crippen molar-refractivity contribution in [1.82, 2.24) is 4.98 Å². The van der Waals surface area contributed by atoms with E-state index in [2.05, 4.69) is 6.92 Å². The van der Waals surface area contributed by atoms with Crippen LogP contribution in [0, 0.1) is 0 Å². The Balaban J connectivity index is 1.39. The Labute approximate surface area is 217 Å². The Kier molecular flexibility index (Phi) is 8.49. The maximum absolute atomic E-state index is 12.3. The summed E-state index contributed by atoms with van der Waals surface area (Å²) in [6.07, 6.45) is 3.57. The van der Waals surface area contributed by atoms with Gasteiger partial charge in [-0.05, 0) is 88.9 Å². The highest BCUT2D eigenvalue weighted by molar-refractivity contribution is 7.21. The molecule has 1 aromatic heterocycles. The number of benzene rings is 2. The molecule has 1 unspecified atom stereocenters. The van der Waals surface area contributed by atoms with Crippen LogP contribution in [-0.2, 0) is 14.2 Å². The number of amides is 1. The first-order valence-electron chi connectivity index (χ1n) is 12.6. The second kappa shape index (κ2) is 11.6. The summed E-state index contributed by atoms with van der Waals surface area (Å²) in [5, 5.41) is 0.915. The van der Waals surface area contributed by atoms with E-state index in [0.717, 1.165) is 64.5 Å². The highest BCUT2D eigenvalue weighted by Gasteiger charge is 2.21. The van der Waals surface area contributed by atoms with Gasteiger partial charge in [-0.25, -0.2) is 9.78 Å². The summed E-state index contributed by atoms with van der Waals surface area (Å²) in [6.45, 7) is 8.93. The number of thiazole rings is 1. The van der Waals surface area contributed by atoms with Gasteiger partial charge in [-0.2, -0.15) is 0 Å². The van der Waals surface area contributed by atoms with Gasteiger partial charge < -0.3 is 18.9 Å². The van der Waals surface area contributed by atoms with Crippen molar-refractivity contribution < 1.29 is 23.7 Å². The molecule has 2 atom stereocenters. The van der Waals surface area contributed by atoms with Crippen LogP contribution in [-0.4, -0.2) is 49.3 Å². The summed E-state index contributed by atoms with van der Waals surface area (Å²) < 4.78 is 24.4.